The zero-order chi connectivity index (χ0) is 18.5. The summed E-state index contributed by atoms with van der Waals surface area (Å²) in [5.41, 5.74) is 0.845. The summed E-state index contributed by atoms with van der Waals surface area (Å²) < 4.78 is 10.1. The fourth-order valence-electron chi connectivity index (χ4n) is 2.22. The molecule has 0 saturated carbocycles. The van der Waals surface area contributed by atoms with Crippen molar-refractivity contribution in [3.05, 3.63) is 75.1 Å². The van der Waals surface area contributed by atoms with Crippen LogP contribution in [-0.4, -0.2) is 21.0 Å². The van der Waals surface area contributed by atoms with Crippen LogP contribution < -0.4 is 0 Å². The third-order valence-corrected chi connectivity index (χ3v) is 3.70. The van der Waals surface area contributed by atoms with Crippen molar-refractivity contribution in [2.24, 2.45) is 0 Å². The summed E-state index contributed by atoms with van der Waals surface area (Å²) in [6, 6.07) is 12.8. The second-order valence-corrected chi connectivity index (χ2v) is 5.68. The van der Waals surface area contributed by atoms with Crippen LogP contribution in [0, 0.1) is 10.1 Å². The number of carbonyl (C=O) groups excluding carboxylic acids is 1. The largest absolute Gasteiger partial charge is 0.455 e. The Balaban J connectivity index is 1.60. The summed E-state index contributed by atoms with van der Waals surface area (Å²) in [5, 5.41) is 15.3. The van der Waals surface area contributed by atoms with Crippen LogP contribution >= 0.6 is 11.6 Å². The van der Waals surface area contributed by atoms with Gasteiger partial charge in [0, 0.05) is 22.2 Å². The maximum atomic E-state index is 11.9. The number of benzene rings is 2. The zero-order valence-electron chi connectivity index (χ0n) is 13.3. The topological polar surface area (TPSA) is 108 Å². The van der Waals surface area contributed by atoms with Crippen molar-refractivity contribution in [2.45, 2.75) is 13.0 Å². The summed E-state index contributed by atoms with van der Waals surface area (Å²) in [7, 11) is 0. The van der Waals surface area contributed by atoms with Gasteiger partial charge in [0.05, 0.1) is 11.3 Å². The molecule has 0 aliphatic rings. The van der Waals surface area contributed by atoms with Crippen molar-refractivity contribution in [3.8, 4) is 11.4 Å². The summed E-state index contributed by atoms with van der Waals surface area (Å²) in [5.74, 6) is -0.178. The lowest BCUT2D eigenvalue weighted by atomic mass is 10.1. The number of rotatable bonds is 6. The molecule has 0 saturated heterocycles. The van der Waals surface area contributed by atoms with Crippen molar-refractivity contribution in [1.29, 1.82) is 0 Å². The molecule has 0 fully saturated rings. The van der Waals surface area contributed by atoms with Crippen molar-refractivity contribution in [1.82, 2.24) is 10.1 Å². The van der Waals surface area contributed by atoms with E-state index in [1.807, 2.05) is 0 Å². The van der Waals surface area contributed by atoms with Crippen LogP contribution in [0.5, 0.6) is 0 Å². The number of ether oxygens (including phenoxy) is 1. The second kappa shape index (κ2) is 7.75. The molecular weight excluding hydrogens is 362 g/mol. The Bertz CT molecular complexity index is 940. The molecule has 0 amide bonds. The van der Waals surface area contributed by atoms with E-state index in [4.69, 9.17) is 20.9 Å². The zero-order valence-corrected chi connectivity index (χ0v) is 14.0. The Morgan fingerprint density at radius 2 is 1.92 bits per heavy atom. The highest BCUT2D eigenvalue weighted by Crippen LogP contribution is 2.20. The Kier molecular flexibility index (Phi) is 5.23. The van der Waals surface area contributed by atoms with Crippen molar-refractivity contribution >= 4 is 23.3 Å². The molecule has 0 aliphatic carbocycles. The van der Waals surface area contributed by atoms with E-state index in [-0.39, 0.29) is 30.2 Å². The van der Waals surface area contributed by atoms with Gasteiger partial charge in [-0.1, -0.05) is 35.0 Å². The van der Waals surface area contributed by atoms with E-state index in [1.54, 1.807) is 30.3 Å². The van der Waals surface area contributed by atoms with Crippen LogP contribution in [-0.2, 0) is 22.6 Å². The molecule has 2 aromatic carbocycles. The Labute approximate surface area is 152 Å². The van der Waals surface area contributed by atoms with Gasteiger partial charge in [0.25, 0.3) is 11.6 Å². The van der Waals surface area contributed by atoms with Crippen LogP contribution in [0.2, 0.25) is 5.02 Å². The number of aromatic nitrogens is 2. The summed E-state index contributed by atoms with van der Waals surface area (Å²) in [4.78, 5) is 26.5. The first kappa shape index (κ1) is 17.6. The number of nitrogens with zero attached hydrogens (tertiary/aromatic N) is 3. The van der Waals surface area contributed by atoms with Crippen LogP contribution in [0.4, 0.5) is 5.69 Å². The Hall–Kier alpha value is -3.26. The van der Waals surface area contributed by atoms with Crippen molar-refractivity contribution in [2.75, 3.05) is 0 Å². The Morgan fingerprint density at radius 3 is 2.65 bits per heavy atom. The third-order valence-electron chi connectivity index (χ3n) is 3.45. The van der Waals surface area contributed by atoms with E-state index in [2.05, 4.69) is 10.1 Å². The monoisotopic (exact) mass is 373 g/mol. The van der Waals surface area contributed by atoms with Gasteiger partial charge < -0.3 is 9.26 Å². The number of para-hydroxylation sites is 1. The van der Waals surface area contributed by atoms with Crippen LogP contribution in [0.1, 0.15) is 11.5 Å². The number of hydrogen-bond acceptors (Lipinski definition) is 7. The molecule has 26 heavy (non-hydrogen) atoms. The van der Waals surface area contributed by atoms with E-state index < -0.39 is 10.9 Å². The number of nitro groups is 1. The number of halogens is 1. The lowest BCUT2D eigenvalue weighted by molar-refractivity contribution is -0.385. The summed E-state index contributed by atoms with van der Waals surface area (Å²) >= 11 is 5.82. The molecule has 0 atom stereocenters. The molecule has 8 nitrogen and oxygen atoms in total. The molecule has 0 aliphatic heterocycles. The van der Waals surface area contributed by atoms with Gasteiger partial charge in [-0.15, -0.1) is 0 Å². The third kappa shape index (κ3) is 4.22. The molecule has 1 heterocycles. The van der Waals surface area contributed by atoms with Crippen molar-refractivity contribution < 1.29 is 19.0 Å². The van der Waals surface area contributed by atoms with Crippen LogP contribution in [0.15, 0.2) is 53.1 Å². The normalized spacial score (nSPS) is 10.5. The van der Waals surface area contributed by atoms with Gasteiger partial charge in [-0.25, -0.2) is 0 Å². The van der Waals surface area contributed by atoms with Gasteiger partial charge in [-0.2, -0.15) is 4.98 Å². The first-order valence-electron chi connectivity index (χ1n) is 7.49. The number of esters is 1. The molecule has 3 rings (SSSR count). The van der Waals surface area contributed by atoms with E-state index in [1.165, 1.54) is 18.2 Å². The number of hydrogen-bond donors (Lipinski definition) is 0. The molecule has 9 heteroatoms. The second-order valence-electron chi connectivity index (χ2n) is 5.24. The van der Waals surface area contributed by atoms with E-state index in [9.17, 15) is 14.9 Å². The fourth-order valence-corrected chi connectivity index (χ4v) is 2.34. The minimum atomic E-state index is -0.634. The highest BCUT2D eigenvalue weighted by Gasteiger charge is 2.17. The smallest absolute Gasteiger partial charge is 0.311 e. The predicted molar refractivity (Wildman–Crippen MR) is 91.3 cm³/mol. The molecule has 0 bridgehead atoms. The van der Waals surface area contributed by atoms with E-state index in [0.29, 0.717) is 16.4 Å². The van der Waals surface area contributed by atoms with Crippen LogP contribution in [0.3, 0.4) is 0 Å². The first-order chi connectivity index (χ1) is 12.5. The molecule has 132 valence electrons. The van der Waals surface area contributed by atoms with Crippen molar-refractivity contribution in [3.63, 3.8) is 0 Å². The standard InChI is InChI=1S/C17H12ClN3O5/c18-13-7-5-11(6-8-13)17-19-15(26-20-17)10-25-16(22)9-12-3-1-2-4-14(12)21(23)24/h1-8H,9-10H2. The van der Waals surface area contributed by atoms with Gasteiger partial charge in [0.2, 0.25) is 5.82 Å². The first-order valence-corrected chi connectivity index (χ1v) is 7.87. The molecule has 0 spiro atoms. The summed E-state index contributed by atoms with van der Waals surface area (Å²) in [6.07, 6.45) is -0.227. The highest BCUT2D eigenvalue weighted by atomic mass is 35.5. The molecule has 3 aromatic rings. The average Bonchev–Trinajstić information content (AvgIpc) is 3.10. The lowest BCUT2D eigenvalue weighted by Gasteiger charge is -2.03. The van der Waals surface area contributed by atoms with Gasteiger partial charge >= 0.3 is 5.97 Å². The molecule has 0 N–H and O–H groups in total. The number of nitro benzene ring substituents is 1. The molecular formula is C17H12ClN3O5. The highest BCUT2D eigenvalue weighted by molar-refractivity contribution is 6.30. The molecule has 0 unspecified atom stereocenters. The van der Waals surface area contributed by atoms with Gasteiger partial charge in [0.1, 0.15) is 0 Å². The predicted octanol–water partition coefficient (Wildman–Crippen LogP) is 3.58. The average molecular weight is 374 g/mol. The van der Waals surface area contributed by atoms with Gasteiger partial charge in [-0.05, 0) is 24.3 Å². The lowest BCUT2D eigenvalue weighted by Crippen LogP contribution is -2.09. The summed E-state index contributed by atoms with van der Waals surface area (Å²) in [6.45, 7) is -0.222. The minimum absolute atomic E-state index is 0.117. The van der Waals surface area contributed by atoms with E-state index in [0.717, 1.165) is 0 Å². The maximum absolute atomic E-state index is 11.9. The molecule has 1 aromatic heterocycles. The molecule has 0 radical (unpaired) electrons. The van der Waals surface area contributed by atoms with Gasteiger partial charge in [0.15, 0.2) is 6.61 Å². The Morgan fingerprint density at radius 1 is 1.19 bits per heavy atom. The minimum Gasteiger partial charge on any atom is -0.455 e. The maximum Gasteiger partial charge on any atom is 0.311 e. The quantitative estimate of drug-likeness (QED) is 0.369. The van der Waals surface area contributed by atoms with E-state index >= 15 is 0 Å². The fraction of sp³-hybridized carbons (Fsp3) is 0.118. The SMILES string of the molecule is O=C(Cc1ccccc1[N+](=O)[O-])OCc1nc(-c2ccc(Cl)cc2)no1. The van der Waals surface area contributed by atoms with Crippen LogP contribution in [0.25, 0.3) is 11.4 Å². The number of carbonyl (C=O) groups is 1. The van der Waals surface area contributed by atoms with Gasteiger partial charge in [-0.3, -0.25) is 14.9 Å².